The van der Waals surface area contributed by atoms with Gasteiger partial charge in [0.15, 0.2) is 5.13 Å². The fraction of sp³-hybridized carbons (Fsp3) is 0.469. The Kier molecular flexibility index (Phi) is 12.0. The van der Waals surface area contributed by atoms with Gasteiger partial charge in [-0.1, -0.05) is 55.5 Å². The Labute approximate surface area is 278 Å². The number of carbonyl (C=O) groups excluding carboxylic acids is 1. The molecule has 0 aliphatic carbocycles. The molecule has 1 amide bonds. The van der Waals surface area contributed by atoms with Crippen LogP contribution in [0.2, 0.25) is 0 Å². The van der Waals surface area contributed by atoms with E-state index in [-0.39, 0.29) is 36.9 Å². The first-order chi connectivity index (χ1) is 22.2. The van der Waals surface area contributed by atoms with Crippen molar-refractivity contribution >= 4 is 54.1 Å². The maximum Gasteiger partial charge on any atom is 0.407 e. The lowest BCUT2D eigenvalue weighted by atomic mass is 10.0. The first kappa shape index (κ1) is 34.2. The third-order valence-electron chi connectivity index (χ3n) is 7.76. The van der Waals surface area contributed by atoms with Gasteiger partial charge in [0.25, 0.3) is 0 Å². The number of nitrogens with zero attached hydrogens (tertiary/aromatic N) is 4. The van der Waals surface area contributed by atoms with Gasteiger partial charge in [0.2, 0.25) is 10.0 Å². The fourth-order valence-corrected chi connectivity index (χ4v) is 8.58. The molecule has 14 heteroatoms. The van der Waals surface area contributed by atoms with Crippen LogP contribution in [0, 0.1) is 5.92 Å². The zero-order chi connectivity index (χ0) is 32.5. The highest BCUT2D eigenvalue weighted by molar-refractivity contribution is 7.89. The molecule has 3 heterocycles. The third kappa shape index (κ3) is 9.46. The van der Waals surface area contributed by atoms with E-state index in [1.54, 1.807) is 29.9 Å². The van der Waals surface area contributed by atoms with Crippen LogP contribution in [-0.4, -0.2) is 90.2 Å². The number of hydrogen-bond acceptors (Lipinski definition) is 11. The zero-order valence-electron chi connectivity index (χ0n) is 26.2. The molecule has 5 rings (SSSR count). The number of alkyl carbamates (subject to hydrolysis) is 1. The summed E-state index contributed by atoms with van der Waals surface area (Å²) in [5.74, 6) is -0.00887. The Hall–Kier alpha value is -3.14. The molecule has 1 aliphatic heterocycles. The van der Waals surface area contributed by atoms with Gasteiger partial charge in [-0.05, 0) is 62.0 Å². The second-order valence-electron chi connectivity index (χ2n) is 11.9. The van der Waals surface area contributed by atoms with Gasteiger partial charge in [0, 0.05) is 32.4 Å². The second-order valence-corrected chi connectivity index (χ2v) is 15.8. The van der Waals surface area contributed by atoms with Gasteiger partial charge in [0.05, 0.1) is 37.6 Å². The normalized spacial score (nSPS) is 15.4. The van der Waals surface area contributed by atoms with Gasteiger partial charge in [-0.3, -0.25) is 4.98 Å². The van der Waals surface area contributed by atoms with E-state index in [1.807, 2.05) is 44.2 Å². The van der Waals surface area contributed by atoms with Crippen LogP contribution in [0.3, 0.4) is 0 Å². The van der Waals surface area contributed by atoms with E-state index >= 15 is 0 Å². The third-order valence-corrected chi connectivity index (χ3v) is 11.3. The van der Waals surface area contributed by atoms with Crippen molar-refractivity contribution in [3.63, 3.8) is 0 Å². The molecule has 46 heavy (non-hydrogen) atoms. The van der Waals surface area contributed by atoms with Crippen molar-refractivity contribution in [3.8, 4) is 0 Å². The molecule has 3 N–H and O–H groups in total. The monoisotopic (exact) mass is 686 g/mol. The van der Waals surface area contributed by atoms with Gasteiger partial charge >= 0.3 is 6.09 Å². The number of carbonyl (C=O) groups is 1. The molecule has 2 atom stereocenters. The minimum Gasteiger partial charge on any atom is -0.444 e. The molecule has 0 saturated carbocycles. The van der Waals surface area contributed by atoms with Gasteiger partial charge < -0.3 is 25.4 Å². The number of benzene rings is 2. The van der Waals surface area contributed by atoms with Crippen molar-refractivity contribution in [2.75, 3.05) is 44.6 Å². The summed E-state index contributed by atoms with van der Waals surface area (Å²) in [5, 5.41) is 18.4. The molecule has 0 spiro atoms. The first-order valence-corrected chi connectivity index (χ1v) is 18.7. The summed E-state index contributed by atoms with van der Waals surface area (Å²) in [7, 11) is -4.00. The molecule has 1 aliphatic rings. The summed E-state index contributed by atoms with van der Waals surface area (Å²) < 4.78 is 35.6. The lowest BCUT2D eigenvalue weighted by Gasteiger charge is -2.30. The standard InChI is InChI=1S/C32H42N6O5S3/c1-23(2)19-38(20-29(39)28(16-24-8-4-3-5-9-24)36-32(40)43-21-25-18-33-22-44-25)46(41,42)26-10-11-27-30(17-26)45-31(35-27)34-12-15-37-13-6-7-14-37/h3-5,8-11,17-18,22-23,28-29,39H,6-7,12-16,19-21H2,1-2H3,(H,34,35)(H,36,40). The SMILES string of the molecule is CC(C)CN(CC(O)C(Cc1ccccc1)NC(=O)OCc1cncs1)S(=O)(=O)c1ccc2nc(NCCN3CCCC3)sc2c1. The molecule has 4 aromatic rings. The summed E-state index contributed by atoms with van der Waals surface area (Å²) in [5.41, 5.74) is 3.27. The van der Waals surface area contributed by atoms with Gasteiger partial charge in [-0.15, -0.1) is 11.3 Å². The first-order valence-electron chi connectivity index (χ1n) is 15.6. The van der Waals surface area contributed by atoms with Crippen LogP contribution in [0.4, 0.5) is 9.93 Å². The Morgan fingerprint density at radius 2 is 1.91 bits per heavy atom. The number of anilines is 1. The van der Waals surface area contributed by atoms with E-state index < -0.39 is 28.3 Å². The molecule has 2 aromatic heterocycles. The van der Waals surface area contributed by atoms with E-state index in [2.05, 4.69) is 25.5 Å². The number of aromatic nitrogens is 2. The lowest BCUT2D eigenvalue weighted by molar-refractivity contribution is 0.0876. The van der Waals surface area contributed by atoms with Crippen molar-refractivity contribution in [3.05, 3.63) is 70.7 Å². The smallest absolute Gasteiger partial charge is 0.407 e. The number of sulfonamides is 1. The molecule has 1 fully saturated rings. The molecule has 248 valence electrons. The average Bonchev–Trinajstić information content (AvgIpc) is 3.82. The van der Waals surface area contributed by atoms with Gasteiger partial charge in [-0.2, -0.15) is 4.31 Å². The number of hydrogen-bond donors (Lipinski definition) is 3. The Morgan fingerprint density at radius 3 is 2.63 bits per heavy atom. The molecule has 1 saturated heterocycles. The van der Waals surface area contributed by atoms with Crippen LogP contribution in [0.1, 0.15) is 37.1 Å². The maximum absolute atomic E-state index is 14.1. The van der Waals surface area contributed by atoms with E-state index in [4.69, 9.17) is 4.74 Å². The van der Waals surface area contributed by atoms with Crippen molar-refractivity contribution in [1.82, 2.24) is 24.5 Å². The van der Waals surface area contributed by atoms with E-state index in [9.17, 15) is 18.3 Å². The molecule has 2 unspecified atom stereocenters. The summed E-state index contributed by atoms with van der Waals surface area (Å²) in [4.78, 5) is 24.8. The number of likely N-dealkylation sites (tertiary alicyclic amines) is 1. The van der Waals surface area contributed by atoms with Crippen molar-refractivity contribution in [2.45, 2.75) is 56.8 Å². The molecule has 0 bridgehead atoms. The number of nitrogens with one attached hydrogen (secondary N) is 2. The summed E-state index contributed by atoms with van der Waals surface area (Å²) >= 11 is 2.80. The summed E-state index contributed by atoms with van der Waals surface area (Å²) in [6.07, 6.45) is 2.48. The molecule has 2 aromatic carbocycles. The van der Waals surface area contributed by atoms with Gasteiger partial charge in [0.1, 0.15) is 6.61 Å². The quantitative estimate of drug-likeness (QED) is 0.152. The van der Waals surface area contributed by atoms with Crippen LogP contribution < -0.4 is 10.6 Å². The van der Waals surface area contributed by atoms with Crippen molar-refractivity contribution in [2.24, 2.45) is 5.92 Å². The number of rotatable bonds is 16. The molecular weight excluding hydrogens is 645 g/mol. The van der Waals surface area contributed by atoms with Crippen molar-refractivity contribution in [1.29, 1.82) is 0 Å². The number of amides is 1. The number of fused-ring (bicyclic) bond motifs is 1. The van der Waals surface area contributed by atoms with Crippen LogP contribution >= 0.6 is 22.7 Å². The molecular formula is C32H42N6O5S3. The topological polar surface area (TPSA) is 137 Å². The Bertz CT molecular complexity index is 1640. The number of thiazole rings is 2. The largest absolute Gasteiger partial charge is 0.444 e. The molecule has 11 nitrogen and oxygen atoms in total. The highest BCUT2D eigenvalue weighted by Gasteiger charge is 2.32. The highest BCUT2D eigenvalue weighted by atomic mass is 32.2. The predicted molar refractivity (Wildman–Crippen MR) is 183 cm³/mol. The number of ether oxygens (including phenoxy) is 1. The van der Waals surface area contributed by atoms with E-state index in [1.165, 1.54) is 39.8 Å². The average molecular weight is 687 g/mol. The molecule has 0 radical (unpaired) electrons. The minimum absolute atomic E-state index is 0.00887. The predicted octanol–water partition coefficient (Wildman–Crippen LogP) is 4.81. The minimum atomic E-state index is -4.00. The zero-order valence-corrected chi connectivity index (χ0v) is 28.6. The highest BCUT2D eigenvalue weighted by Crippen LogP contribution is 2.30. The Balaban J connectivity index is 1.30. The summed E-state index contributed by atoms with van der Waals surface area (Å²) in [6, 6.07) is 13.6. The Morgan fingerprint density at radius 1 is 1.13 bits per heavy atom. The van der Waals surface area contributed by atoms with E-state index in [0.29, 0.717) is 0 Å². The van der Waals surface area contributed by atoms with E-state index in [0.717, 1.165) is 52.0 Å². The van der Waals surface area contributed by atoms with Crippen LogP contribution in [0.15, 0.2) is 65.1 Å². The summed E-state index contributed by atoms with van der Waals surface area (Å²) in [6.45, 7) is 7.88. The van der Waals surface area contributed by atoms with Crippen LogP contribution in [0.5, 0.6) is 0 Å². The van der Waals surface area contributed by atoms with Crippen molar-refractivity contribution < 1.29 is 23.1 Å². The second kappa shape index (κ2) is 16.1. The lowest BCUT2D eigenvalue weighted by Crippen LogP contribution is -2.51. The number of aliphatic hydroxyl groups is 1. The van der Waals surface area contributed by atoms with Gasteiger partial charge in [-0.25, -0.2) is 18.2 Å². The number of aliphatic hydroxyl groups excluding tert-OH is 1. The fourth-order valence-electron chi connectivity index (χ4n) is 5.43. The van der Waals surface area contributed by atoms with Crippen LogP contribution in [0.25, 0.3) is 10.2 Å². The maximum atomic E-state index is 14.1. The van der Waals surface area contributed by atoms with Crippen LogP contribution in [-0.2, 0) is 27.8 Å².